The molecule has 0 spiro atoms. The van der Waals surface area contributed by atoms with Gasteiger partial charge in [0.25, 0.3) is 0 Å². The third-order valence-electron chi connectivity index (χ3n) is 3.85. The maximum Gasteiger partial charge on any atom is 0.335 e. The predicted molar refractivity (Wildman–Crippen MR) is 99.9 cm³/mol. The summed E-state index contributed by atoms with van der Waals surface area (Å²) in [6.07, 6.45) is 1.63. The summed E-state index contributed by atoms with van der Waals surface area (Å²) in [4.78, 5) is 11.2. The molecule has 0 bridgehead atoms. The van der Waals surface area contributed by atoms with Crippen LogP contribution in [0.1, 0.15) is 27.2 Å². The van der Waals surface area contributed by atoms with Crippen LogP contribution in [0.15, 0.2) is 59.6 Å². The summed E-state index contributed by atoms with van der Waals surface area (Å²) < 4.78 is 40.2. The van der Waals surface area contributed by atoms with Crippen LogP contribution in [0.5, 0.6) is 0 Å². The molecule has 8 heteroatoms. The zero-order valence-corrected chi connectivity index (χ0v) is 15.6. The van der Waals surface area contributed by atoms with Crippen molar-refractivity contribution in [2.75, 3.05) is 0 Å². The molecule has 1 aromatic heterocycles. The highest BCUT2D eigenvalue weighted by atomic mass is 32.2. The number of carboxylic acid groups (broad SMARTS) is 1. The fraction of sp³-hybridized carbons (Fsp3) is 0.100. The number of halogens is 1. The van der Waals surface area contributed by atoms with E-state index in [0.29, 0.717) is 11.3 Å². The molecule has 0 aliphatic carbocycles. The molecular weight excluding hydrogens is 383 g/mol. The van der Waals surface area contributed by atoms with Crippen molar-refractivity contribution in [3.63, 3.8) is 0 Å². The van der Waals surface area contributed by atoms with Crippen molar-refractivity contribution in [2.24, 2.45) is 7.05 Å². The average molecular weight is 398 g/mol. The van der Waals surface area contributed by atoms with Gasteiger partial charge in [-0.15, -0.1) is 0 Å². The maximum atomic E-state index is 13.0. The minimum atomic E-state index is -3.82. The van der Waals surface area contributed by atoms with E-state index >= 15 is 0 Å². The molecule has 0 saturated carbocycles. The monoisotopic (exact) mass is 398 g/mol. The van der Waals surface area contributed by atoms with E-state index in [1.807, 2.05) is 0 Å². The van der Waals surface area contributed by atoms with Gasteiger partial charge >= 0.3 is 5.97 Å². The number of benzene rings is 2. The molecule has 2 aromatic carbocycles. The molecule has 0 aliphatic heterocycles. The highest BCUT2D eigenvalue weighted by Gasteiger charge is 2.21. The van der Waals surface area contributed by atoms with Crippen LogP contribution in [0, 0.1) is 17.7 Å². The van der Waals surface area contributed by atoms with Crippen LogP contribution >= 0.6 is 0 Å². The number of sulfone groups is 1. The molecule has 6 nitrogen and oxygen atoms in total. The minimum absolute atomic E-state index is 0.0557. The average Bonchev–Trinajstić information content (AvgIpc) is 3.05. The molecule has 0 unspecified atom stereocenters. The Kier molecular flexibility index (Phi) is 5.29. The van der Waals surface area contributed by atoms with Gasteiger partial charge in [0, 0.05) is 24.4 Å². The highest BCUT2D eigenvalue weighted by molar-refractivity contribution is 7.90. The lowest BCUT2D eigenvalue weighted by Gasteiger charge is -2.07. The van der Waals surface area contributed by atoms with Crippen molar-refractivity contribution in [3.8, 4) is 11.8 Å². The van der Waals surface area contributed by atoms with E-state index in [2.05, 4.69) is 16.9 Å². The molecule has 3 rings (SSSR count). The van der Waals surface area contributed by atoms with Gasteiger partial charge in [0.1, 0.15) is 5.82 Å². The quantitative estimate of drug-likeness (QED) is 0.683. The second-order valence-corrected chi connectivity index (χ2v) is 7.97. The smallest absolute Gasteiger partial charge is 0.335 e. The van der Waals surface area contributed by atoms with Gasteiger partial charge in [-0.05, 0) is 48.5 Å². The first kappa shape index (κ1) is 19.3. The van der Waals surface area contributed by atoms with Crippen molar-refractivity contribution in [3.05, 3.63) is 82.9 Å². The Morgan fingerprint density at radius 2 is 1.86 bits per heavy atom. The first-order valence-electron chi connectivity index (χ1n) is 8.11. The van der Waals surface area contributed by atoms with E-state index in [-0.39, 0.29) is 21.8 Å². The molecule has 0 atom stereocenters. The maximum absolute atomic E-state index is 13.0. The number of aromatic carboxylic acids is 1. The summed E-state index contributed by atoms with van der Waals surface area (Å²) in [6, 6.07) is 10.6. The van der Waals surface area contributed by atoms with Crippen molar-refractivity contribution in [1.82, 2.24) is 9.78 Å². The fourth-order valence-electron chi connectivity index (χ4n) is 2.52. The second-order valence-electron chi connectivity index (χ2n) is 6.01. The first-order valence-corrected chi connectivity index (χ1v) is 9.76. The lowest BCUT2D eigenvalue weighted by molar-refractivity contribution is 0.0696. The van der Waals surface area contributed by atoms with Crippen LogP contribution < -0.4 is 0 Å². The number of rotatable bonds is 4. The molecule has 0 saturated heterocycles. The summed E-state index contributed by atoms with van der Waals surface area (Å²) in [5, 5.41) is 13.3. The van der Waals surface area contributed by atoms with Crippen molar-refractivity contribution < 1.29 is 22.7 Å². The summed E-state index contributed by atoms with van der Waals surface area (Å²) in [5.74, 6) is 3.48. The lowest BCUT2D eigenvalue weighted by Crippen LogP contribution is -2.09. The van der Waals surface area contributed by atoms with Crippen LogP contribution in [0.3, 0.4) is 0 Å². The normalized spacial score (nSPS) is 10.9. The number of carbonyl (C=O) groups is 1. The SMILES string of the molecule is Cn1ccc(CS(=O)(=O)c2ccc(C(=O)O)cc2C#Cc2ccc(F)cc2)n1. The van der Waals surface area contributed by atoms with Crippen molar-refractivity contribution in [2.45, 2.75) is 10.6 Å². The zero-order chi connectivity index (χ0) is 20.3. The number of nitrogens with zero attached hydrogens (tertiary/aromatic N) is 2. The number of aromatic nitrogens is 2. The van der Waals surface area contributed by atoms with Gasteiger partial charge in [-0.1, -0.05) is 11.8 Å². The Morgan fingerprint density at radius 1 is 1.14 bits per heavy atom. The molecule has 3 aromatic rings. The molecule has 28 heavy (non-hydrogen) atoms. The van der Waals surface area contributed by atoms with Gasteiger partial charge in [-0.2, -0.15) is 5.10 Å². The van der Waals surface area contributed by atoms with E-state index in [0.717, 1.165) is 0 Å². The summed E-state index contributed by atoms with van der Waals surface area (Å²) in [6.45, 7) is 0. The van der Waals surface area contributed by atoms with Gasteiger partial charge in [0.05, 0.1) is 21.9 Å². The predicted octanol–water partition coefficient (Wildman–Crippen LogP) is 2.63. The third-order valence-corrected chi connectivity index (χ3v) is 5.56. The molecule has 0 fully saturated rings. The topological polar surface area (TPSA) is 89.3 Å². The second kappa shape index (κ2) is 7.66. The fourth-order valence-corrected chi connectivity index (χ4v) is 3.94. The Balaban J connectivity index is 2.05. The first-order chi connectivity index (χ1) is 13.2. The largest absolute Gasteiger partial charge is 0.478 e. The van der Waals surface area contributed by atoms with Crippen molar-refractivity contribution in [1.29, 1.82) is 0 Å². The zero-order valence-electron chi connectivity index (χ0n) is 14.8. The molecule has 0 radical (unpaired) electrons. The number of hydrogen-bond acceptors (Lipinski definition) is 4. The molecule has 142 valence electrons. The number of aryl methyl sites for hydroxylation is 1. The van der Waals surface area contributed by atoms with E-state index in [1.54, 1.807) is 19.3 Å². The summed E-state index contributed by atoms with van der Waals surface area (Å²) in [7, 11) is -2.14. The molecule has 1 N–H and O–H groups in total. The Bertz CT molecular complexity index is 1200. The van der Waals surface area contributed by atoms with Crippen LogP contribution in [0.2, 0.25) is 0 Å². The lowest BCUT2D eigenvalue weighted by atomic mass is 10.1. The number of carboxylic acids is 1. The Morgan fingerprint density at radius 3 is 2.46 bits per heavy atom. The summed E-state index contributed by atoms with van der Waals surface area (Å²) in [5.41, 5.74) is 0.804. The molecule has 1 heterocycles. The van der Waals surface area contributed by atoms with Gasteiger partial charge in [-0.25, -0.2) is 17.6 Å². The Hall–Kier alpha value is -3.44. The van der Waals surface area contributed by atoms with E-state index in [4.69, 9.17) is 0 Å². The van der Waals surface area contributed by atoms with Gasteiger partial charge in [0.2, 0.25) is 0 Å². The van der Waals surface area contributed by atoms with E-state index in [9.17, 15) is 22.7 Å². The highest BCUT2D eigenvalue weighted by Crippen LogP contribution is 2.21. The Labute approximate surface area is 161 Å². The van der Waals surface area contributed by atoms with Crippen LogP contribution in [-0.2, 0) is 22.6 Å². The van der Waals surface area contributed by atoms with Crippen LogP contribution in [0.25, 0.3) is 0 Å². The van der Waals surface area contributed by atoms with Crippen molar-refractivity contribution >= 4 is 15.8 Å². The number of hydrogen-bond donors (Lipinski definition) is 1. The molecular formula is C20H15FN2O4S. The van der Waals surface area contributed by atoms with Gasteiger partial charge in [-0.3, -0.25) is 4.68 Å². The standard InChI is InChI=1S/C20H15FN2O4S/c1-23-11-10-18(22-23)13-28(26,27)19-9-6-16(20(24)25)12-15(19)5-2-14-3-7-17(21)8-4-14/h3-4,6-12H,13H2,1H3,(H,24,25). The minimum Gasteiger partial charge on any atom is -0.478 e. The third kappa shape index (κ3) is 4.45. The van der Waals surface area contributed by atoms with Gasteiger partial charge < -0.3 is 5.11 Å². The van der Waals surface area contributed by atoms with E-state index in [1.165, 1.54) is 47.1 Å². The molecule has 0 aliphatic rings. The van der Waals surface area contributed by atoms with Crippen LogP contribution in [-0.4, -0.2) is 29.3 Å². The summed E-state index contributed by atoms with van der Waals surface area (Å²) >= 11 is 0. The van der Waals surface area contributed by atoms with E-state index < -0.39 is 21.6 Å². The molecule has 0 amide bonds. The van der Waals surface area contributed by atoms with Gasteiger partial charge in [0.15, 0.2) is 9.84 Å². The van der Waals surface area contributed by atoms with Crippen LogP contribution in [0.4, 0.5) is 4.39 Å².